The van der Waals surface area contributed by atoms with E-state index in [1.807, 2.05) is 6.92 Å². The van der Waals surface area contributed by atoms with Gasteiger partial charge in [-0.1, -0.05) is 6.92 Å². The minimum Gasteiger partial charge on any atom is -0.369 e. The fourth-order valence-corrected chi connectivity index (χ4v) is 2.44. The minimum absolute atomic E-state index is 0.146. The van der Waals surface area contributed by atoms with Gasteiger partial charge in [-0.3, -0.25) is 9.78 Å². The van der Waals surface area contributed by atoms with Crippen molar-refractivity contribution in [2.45, 2.75) is 20.3 Å². The summed E-state index contributed by atoms with van der Waals surface area (Å²) < 4.78 is 0. The van der Waals surface area contributed by atoms with Crippen molar-refractivity contribution >= 4 is 11.7 Å². The first-order valence-electron chi connectivity index (χ1n) is 7.29. The highest BCUT2D eigenvalue weighted by atomic mass is 16.1. The molecule has 1 aromatic heterocycles. The maximum absolute atomic E-state index is 12.1. The number of carbonyl (C=O) groups is 1. The van der Waals surface area contributed by atoms with Crippen LogP contribution in [0.1, 0.15) is 30.8 Å². The first kappa shape index (κ1) is 14.7. The quantitative estimate of drug-likeness (QED) is 0.811. The van der Waals surface area contributed by atoms with Gasteiger partial charge in [-0.25, -0.2) is 4.98 Å². The SMILES string of the molecule is CCNc1cncc(C(=O)NCC2CCN(CC)C2)n1. The second-order valence-electron chi connectivity index (χ2n) is 5.08. The van der Waals surface area contributed by atoms with Crippen molar-refractivity contribution in [2.75, 3.05) is 38.0 Å². The molecule has 1 saturated heterocycles. The lowest BCUT2D eigenvalue weighted by molar-refractivity contribution is 0.0942. The molecule has 6 nitrogen and oxygen atoms in total. The van der Waals surface area contributed by atoms with E-state index < -0.39 is 0 Å². The van der Waals surface area contributed by atoms with Gasteiger partial charge in [0.1, 0.15) is 11.5 Å². The molecule has 0 radical (unpaired) electrons. The number of nitrogens with zero attached hydrogens (tertiary/aromatic N) is 3. The van der Waals surface area contributed by atoms with Gasteiger partial charge in [0.2, 0.25) is 0 Å². The molecular weight excluding hydrogens is 254 g/mol. The number of likely N-dealkylation sites (tertiary alicyclic amines) is 1. The van der Waals surface area contributed by atoms with Crippen molar-refractivity contribution in [2.24, 2.45) is 5.92 Å². The molecule has 0 aromatic carbocycles. The maximum Gasteiger partial charge on any atom is 0.271 e. The smallest absolute Gasteiger partial charge is 0.271 e. The van der Waals surface area contributed by atoms with Crippen LogP contribution in [0.15, 0.2) is 12.4 Å². The lowest BCUT2D eigenvalue weighted by Crippen LogP contribution is -2.31. The number of amides is 1. The molecule has 0 bridgehead atoms. The molecule has 20 heavy (non-hydrogen) atoms. The van der Waals surface area contributed by atoms with Crippen molar-refractivity contribution in [3.05, 3.63) is 18.1 Å². The molecule has 2 N–H and O–H groups in total. The molecule has 1 unspecified atom stereocenters. The zero-order chi connectivity index (χ0) is 14.4. The molecule has 2 rings (SSSR count). The highest BCUT2D eigenvalue weighted by Gasteiger charge is 2.21. The Hall–Kier alpha value is -1.69. The Labute approximate surface area is 120 Å². The number of rotatable bonds is 6. The predicted octanol–water partition coefficient (Wildman–Crippen LogP) is 0.980. The lowest BCUT2D eigenvalue weighted by Gasteiger charge is -2.13. The summed E-state index contributed by atoms with van der Waals surface area (Å²) in [7, 11) is 0. The normalized spacial score (nSPS) is 19.0. The van der Waals surface area contributed by atoms with Gasteiger partial charge in [0.25, 0.3) is 5.91 Å². The molecule has 1 aromatic rings. The molecule has 1 fully saturated rings. The van der Waals surface area contributed by atoms with E-state index in [4.69, 9.17) is 0 Å². The first-order chi connectivity index (χ1) is 9.72. The largest absolute Gasteiger partial charge is 0.369 e. The molecule has 110 valence electrons. The van der Waals surface area contributed by atoms with Crippen molar-refractivity contribution in [1.82, 2.24) is 20.2 Å². The van der Waals surface area contributed by atoms with E-state index in [2.05, 4.69) is 32.4 Å². The number of carbonyl (C=O) groups excluding carboxylic acids is 1. The molecular formula is C14H23N5O. The Bertz CT molecular complexity index is 451. The van der Waals surface area contributed by atoms with Crippen molar-refractivity contribution in [1.29, 1.82) is 0 Å². The Morgan fingerprint density at radius 1 is 1.45 bits per heavy atom. The topological polar surface area (TPSA) is 70.2 Å². The Kier molecular flexibility index (Phi) is 5.29. The van der Waals surface area contributed by atoms with Gasteiger partial charge < -0.3 is 15.5 Å². The fraction of sp³-hybridized carbons (Fsp3) is 0.643. The van der Waals surface area contributed by atoms with Gasteiger partial charge in [-0.2, -0.15) is 0 Å². The third kappa shape index (κ3) is 3.90. The maximum atomic E-state index is 12.1. The van der Waals surface area contributed by atoms with Gasteiger partial charge in [0, 0.05) is 19.6 Å². The van der Waals surface area contributed by atoms with E-state index in [1.54, 1.807) is 6.20 Å². The minimum atomic E-state index is -0.146. The summed E-state index contributed by atoms with van der Waals surface area (Å²) in [5, 5.41) is 6.01. The third-order valence-electron chi connectivity index (χ3n) is 3.59. The molecule has 6 heteroatoms. The van der Waals surface area contributed by atoms with Crippen LogP contribution in [0.2, 0.25) is 0 Å². The van der Waals surface area contributed by atoms with Crippen molar-refractivity contribution in [3.8, 4) is 0 Å². The Balaban J connectivity index is 1.84. The number of hydrogen-bond donors (Lipinski definition) is 2. The fourth-order valence-electron chi connectivity index (χ4n) is 2.44. The summed E-state index contributed by atoms with van der Waals surface area (Å²) in [5.41, 5.74) is 0.369. The van der Waals surface area contributed by atoms with Gasteiger partial charge in [0.15, 0.2) is 0 Å². The summed E-state index contributed by atoms with van der Waals surface area (Å²) in [6, 6.07) is 0. The predicted molar refractivity (Wildman–Crippen MR) is 78.7 cm³/mol. The van der Waals surface area contributed by atoms with Crippen LogP contribution in [0.25, 0.3) is 0 Å². The number of hydrogen-bond acceptors (Lipinski definition) is 5. The number of nitrogens with one attached hydrogen (secondary N) is 2. The molecule has 2 heterocycles. The van der Waals surface area contributed by atoms with Gasteiger partial charge >= 0.3 is 0 Å². The lowest BCUT2D eigenvalue weighted by atomic mass is 10.1. The number of aromatic nitrogens is 2. The van der Waals surface area contributed by atoms with Crippen LogP contribution in [0.5, 0.6) is 0 Å². The van der Waals surface area contributed by atoms with Gasteiger partial charge in [-0.15, -0.1) is 0 Å². The summed E-state index contributed by atoms with van der Waals surface area (Å²) in [5.74, 6) is 1.04. The van der Waals surface area contributed by atoms with Crippen LogP contribution in [0.3, 0.4) is 0 Å². The molecule has 1 aliphatic heterocycles. The van der Waals surface area contributed by atoms with E-state index in [0.717, 1.165) is 32.6 Å². The van der Waals surface area contributed by atoms with Crippen LogP contribution < -0.4 is 10.6 Å². The van der Waals surface area contributed by atoms with Gasteiger partial charge in [0.05, 0.1) is 12.4 Å². The standard InChI is InChI=1S/C14H23N5O/c1-3-16-13-9-15-8-12(18-13)14(20)17-7-11-5-6-19(4-2)10-11/h8-9,11H,3-7,10H2,1-2H3,(H,16,18)(H,17,20). The monoisotopic (exact) mass is 277 g/mol. The zero-order valence-corrected chi connectivity index (χ0v) is 12.2. The number of anilines is 1. The summed E-state index contributed by atoms with van der Waals surface area (Å²) in [6.45, 7) is 8.90. The summed E-state index contributed by atoms with van der Waals surface area (Å²) >= 11 is 0. The Morgan fingerprint density at radius 2 is 2.30 bits per heavy atom. The molecule has 1 atom stereocenters. The van der Waals surface area contributed by atoms with Crippen LogP contribution >= 0.6 is 0 Å². The molecule has 1 aliphatic rings. The van der Waals surface area contributed by atoms with E-state index in [9.17, 15) is 4.79 Å². The second kappa shape index (κ2) is 7.19. The average Bonchev–Trinajstić information content (AvgIpc) is 2.93. The summed E-state index contributed by atoms with van der Waals surface area (Å²) in [4.78, 5) is 22.7. The first-order valence-corrected chi connectivity index (χ1v) is 7.29. The van der Waals surface area contributed by atoms with Crippen LogP contribution in [0, 0.1) is 5.92 Å². The van der Waals surface area contributed by atoms with Crippen molar-refractivity contribution in [3.63, 3.8) is 0 Å². The van der Waals surface area contributed by atoms with E-state index in [-0.39, 0.29) is 5.91 Å². The van der Waals surface area contributed by atoms with E-state index in [1.165, 1.54) is 6.20 Å². The van der Waals surface area contributed by atoms with Crippen molar-refractivity contribution < 1.29 is 4.79 Å². The van der Waals surface area contributed by atoms with Crippen LogP contribution in [-0.2, 0) is 0 Å². The van der Waals surface area contributed by atoms with Crippen LogP contribution in [0.4, 0.5) is 5.82 Å². The highest BCUT2D eigenvalue weighted by molar-refractivity contribution is 5.92. The van der Waals surface area contributed by atoms with Gasteiger partial charge in [-0.05, 0) is 32.4 Å². The molecule has 1 amide bonds. The third-order valence-corrected chi connectivity index (χ3v) is 3.59. The second-order valence-corrected chi connectivity index (χ2v) is 5.08. The van der Waals surface area contributed by atoms with Crippen LogP contribution in [-0.4, -0.2) is 53.5 Å². The average molecular weight is 277 g/mol. The zero-order valence-electron chi connectivity index (χ0n) is 12.2. The molecule has 0 saturated carbocycles. The van der Waals surface area contributed by atoms with E-state index in [0.29, 0.717) is 24.0 Å². The van der Waals surface area contributed by atoms with E-state index >= 15 is 0 Å². The molecule has 0 aliphatic carbocycles. The molecule has 0 spiro atoms. The Morgan fingerprint density at radius 3 is 3.00 bits per heavy atom. The highest BCUT2D eigenvalue weighted by Crippen LogP contribution is 2.14. The summed E-state index contributed by atoms with van der Waals surface area (Å²) in [6.07, 6.45) is 4.27.